The SMILES string of the molecule is O=C(CCc1ccccc1)NC1CCN(Cc2nc3ccccc3s2)CC1. The van der Waals surface area contributed by atoms with E-state index in [4.69, 9.17) is 4.98 Å². The van der Waals surface area contributed by atoms with E-state index in [9.17, 15) is 4.79 Å². The molecule has 0 aliphatic carbocycles. The lowest BCUT2D eigenvalue weighted by Crippen LogP contribution is -2.44. The van der Waals surface area contributed by atoms with Gasteiger partial charge in [-0.2, -0.15) is 0 Å². The highest BCUT2D eigenvalue weighted by Crippen LogP contribution is 2.23. The van der Waals surface area contributed by atoms with Gasteiger partial charge in [0.15, 0.2) is 0 Å². The van der Waals surface area contributed by atoms with Crippen molar-refractivity contribution < 1.29 is 4.79 Å². The number of likely N-dealkylation sites (tertiary alicyclic amines) is 1. The Morgan fingerprint density at radius 2 is 1.81 bits per heavy atom. The minimum atomic E-state index is 0.170. The van der Waals surface area contributed by atoms with Crippen molar-refractivity contribution in [1.82, 2.24) is 15.2 Å². The molecule has 2 aromatic carbocycles. The van der Waals surface area contributed by atoms with Crippen LogP contribution < -0.4 is 5.32 Å². The molecule has 1 aliphatic rings. The van der Waals surface area contributed by atoms with Crippen LogP contribution in [0.3, 0.4) is 0 Å². The van der Waals surface area contributed by atoms with E-state index in [1.165, 1.54) is 15.3 Å². The maximum atomic E-state index is 12.2. The van der Waals surface area contributed by atoms with Crippen molar-refractivity contribution in [3.8, 4) is 0 Å². The maximum Gasteiger partial charge on any atom is 0.220 e. The summed E-state index contributed by atoms with van der Waals surface area (Å²) in [4.78, 5) is 19.4. The molecule has 4 nitrogen and oxygen atoms in total. The topological polar surface area (TPSA) is 45.2 Å². The van der Waals surface area contributed by atoms with Gasteiger partial charge in [-0.15, -0.1) is 11.3 Å². The smallest absolute Gasteiger partial charge is 0.220 e. The Morgan fingerprint density at radius 1 is 1.07 bits per heavy atom. The molecule has 1 aliphatic heterocycles. The number of aromatic nitrogens is 1. The first-order valence-electron chi connectivity index (χ1n) is 9.66. The number of fused-ring (bicyclic) bond motifs is 1. The minimum absolute atomic E-state index is 0.170. The number of aryl methyl sites for hydroxylation is 1. The fourth-order valence-corrected chi connectivity index (χ4v) is 4.63. The van der Waals surface area contributed by atoms with Gasteiger partial charge in [-0.25, -0.2) is 4.98 Å². The van der Waals surface area contributed by atoms with Crippen LogP contribution in [-0.4, -0.2) is 34.9 Å². The largest absolute Gasteiger partial charge is 0.353 e. The van der Waals surface area contributed by atoms with Crippen LogP contribution in [0.1, 0.15) is 29.8 Å². The Bertz CT molecular complexity index is 852. The number of benzene rings is 2. The number of hydrogen-bond acceptors (Lipinski definition) is 4. The molecule has 1 amide bonds. The van der Waals surface area contributed by atoms with Crippen LogP contribution in [0.15, 0.2) is 54.6 Å². The van der Waals surface area contributed by atoms with E-state index in [-0.39, 0.29) is 5.91 Å². The Morgan fingerprint density at radius 3 is 2.59 bits per heavy atom. The molecule has 2 heterocycles. The third kappa shape index (κ3) is 4.93. The molecule has 140 valence electrons. The van der Waals surface area contributed by atoms with Gasteiger partial charge < -0.3 is 5.32 Å². The van der Waals surface area contributed by atoms with Crippen LogP contribution in [-0.2, 0) is 17.8 Å². The molecular formula is C22H25N3OS. The van der Waals surface area contributed by atoms with E-state index in [1.807, 2.05) is 24.3 Å². The predicted molar refractivity (Wildman–Crippen MR) is 111 cm³/mol. The summed E-state index contributed by atoms with van der Waals surface area (Å²) in [6.45, 7) is 2.94. The minimum Gasteiger partial charge on any atom is -0.353 e. The molecule has 4 rings (SSSR count). The number of amides is 1. The lowest BCUT2D eigenvalue weighted by molar-refractivity contribution is -0.122. The molecule has 0 unspecified atom stereocenters. The van der Waals surface area contributed by atoms with Gasteiger partial charge in [0.25, 0.3) is 0 Å². The maximum absolute atomic E-state index is 12.2. The number of thiazole rings is 1. The fraction of sp³-hybridized carbons (Fsp3) is 0.364. The third-order valence-electron chi connectivity index (χ3n) is 5.13. The Balaban J connectivity index is 1.21. The van der Waals surface area contributed by atoms with E-state index in [2.05, 4.69) is 40.5 Å². The summed E-state index contributed by atoms with van der Waals surface area (Å²) in [5, 5.41) is 4.40. The summed E-state index contributed by atoms with van der Waals surface area (Å²) in [6.07, 6.45) is 3.41. The molecule has 1 fully saturated rings. The highest BCUT2D eigenvalue weighted by molar-refractivity contribution is 7.18. The second-order valence-corrected chi connectivity index (χ2v) is 8.29. The monoisotopic (exact) mass is 379 g/mol. The van der Waals surface area contributed by atoms with E-state index in [1.54, 1.807) is 11.3 Å². The van der Waals surface area contributed by atoms with Gasteiger partial charge in [0.1, 0.15) is 5.01 Å². The van der Waals surface area contributed by atoms with Gasteiger partial charge in [-0.05, 0) is 37.0 Å². The molecule has 0 bridgehead atoms. The van der Waals surface area contributed by atoms with Gasteiger partial charge in [0.05, 0.1) is 16.8 Å². The summed E-state index contributed by atoms with van der Waals surface area (Å²) in [6, 6.07) is 18.8. The average Bonchev–Trinajstić information content (AvgIpc) is 3.11. The number of para-hydroxylation sites is 1. The zero-order chi connectivity index (χ0) is 18.5. The summed E-state index contributed by atoms with van der Waals surface area (Å²) in [7, 11) is 0. The lowest BCUT2D eigenvalue weighted by Gasteiger charge is -2.31. The predicted octanol–water partition coefficient (Wildman–Crippen LogP) is 4.01. The molecule has 0 atom stereocenters. The van der Waals surface area contributed by atoms with Crippen LogP contribution in [0.2, 0.25) is 0 Å². The molecule has 0 saturated carbocycles. The van der Waals surface area contributed by atoms with Crippen LogP contribution >= 0.6 is 11.3 Å². The van der Waals surface area contributed by atoms with E-state index < -0.39 is 0 Å². The fourth-order valence-electron chi connectivity index (χ4n) is 3.62. The Labute approximate surface area is 164 Å². The number of nitrogens with one attached hydrogen (secondary N) is 1. The molecule has 5 heteroatoms. The highest BCUT2D eigenvalue weighted by Gasteiger charge is 2.21. The van der Waals surface area contributed by atoms with Crippen LogP contribution in [0.5, 0.6) is 0 Å². The van der Waals surface area contributed by atoms with Crippen LogP contribution in [0, 0.1) is 0 Å². The summed E-state index contributed by atoms with van der Waals surface area (Å²) >= 11 is 1.78. The van der Waals surface area contributed by atoms with E-state index in [0.717, 1.165) is 44.4 Å². The van der Waals surface area contributed by atoms with E-state index >= 15 is 0 Å². The number of carbonyl (C=O) groups is 1. The number of hydrogen-bond donors (Lipinski definition) is 1. The number of carbonyl (C=O) groups excluding carboxylic acids is 1. The normalized spacial score (nSPS) is 15.9. The molecule has 1 aromatic heterocycles. The molecule has 3 aromatic rings. The Kier molecular flexibility index (Phi) is 5.80. The number of rotatable bonds is 6. The van der Waals surface area contributed by atoms with Crippen LogP contribution in [0.25, 0.3) is 10.2 Å². The first-order valence-corrected chi connectivity index (χ1v) is 10.5. The zero-order valence-electron chi connectivity index (χ0n) is 15.4. The molecular weight excluding hydrogens is 354 g/mol. The van der Waals surface area contributed by atoms with Crippen molar-refractivity contribution in [1.29, 1.82) is 0 Å². The Hall–Kier alpha value is -2.24. The summed E-state index contributed by atoms with van der Waals surface area (Å²) in [5.41, 5.74) is 2.32. The third-order valence-corrected chi connectivity index (χ3v) is 6.15. The van der Waals surface area contributed by atoms with Gasteiger partial charge in [-0.3, -0.25) is 9.69 Å². The van der Waals surface area contributed by atoms with Crippen molar-refractivity contribution in [2.45, 2.75) is 38.3 Å². The number of nitrogens with zero attached hydrogens (tertiary/aromatic N) is 2. The van der Waals surface area contributed by atoms with Crippen molar-refractivity contribution in [3.05, 3.63) is 65.2 Å². The first-order chi connectivity index (χ1) is 13.3. The van der Waals surface area contributed by atoms with Gasteiger partial charge in [0.2, 0.25) is 5.91 Å². The van der Waals surface area contributed by atoms with Gasteiger partial charge in [-0.1, -0.05) is 42.5 Å². The second kappa shape index (κ2) is 8.63. The van der Waals surface area contributed by atoms with Crippen molar-refractivity contribution >= 4 is 27.5 Å². The number of piperidine rings is 1. The van der Waals surface area contributed by atoms with E-state index in [0.29, 0.717) is 12.5 Å². The standard InChI is InChI=1S/C22H25N3OS/c26-21(11-10-17-6-2-1-3-7-17)23-18-12-14-25(15-13-18)16-22-24-19-8-4-5-9-20(19)27-22/h1-9,18H,10-16H2,(H,23,26). The molecule has 27 heavy (non-hydrogen) atoms. The van der Waals surface area contributed by atoms with Crippen LogP contribution in [0.4, 0.5) is 0 Å². The zero-order valence-corrected chi connectivity index (χ0v) is 16.3. The van der Waals surface area contributed by atoms with Crippen molar-refractivity contribution in [2.24, 2.45) is 0 Å². The second-order valence-electron chi connectivity index (χ2n) is 7.18. The molecule has 0 radical (unpaired) electrons. The van der Waals surface area contributed by atoms with Crippen molar-refractivity contribution in [2.75, 3.05) is 13.1 Å². The lowest BCUT2D eigenvalue weighted by atomic mass is 10.0. The average molecular weight is 380 g/mol. The molecule has 1 N–H and O–H groups in total. The summed E-state index contributed by atoms with van der Waals surface area (Å²) < 4.78 is 1.26. The first kappa shape index (κ1) is 18.1. The summed E-state index contributed by atoms with van der Waals surface area (Å²) in [5.74, 6) is 0.170. The quantitative estimate of drug-likeness (QED) is 0.704. The van der Waals surface area contributed by atoms with Crippen molar-refractivity contribution in [3.63, 3.8) is 0 Å². The van der Waals surface area contributed by atoms with Gasteiger partial charge >= 0.3 is 0 Å². The molecule has 1 saturated heterocycles. The highest BCUT2D eigenvalue weighted by atomic mass is 32.1. The molecule has 0 spiro atoms. The van der Waals surface area contributed by atoms with Gasteiger partial charge in [0, 0.05) is 25.6 Å².